The van der Waals surface area contributed by atoms with Gasteiger partial charge in [0.2, 0.25) is 5.91 Å². The van der Waals surface area contributed by atoms with Crippen LogP contribution in [0.15, 0.2) is 34.6 Å². The van der Waals surface area contributed by atoms with Crippen molar-refractivity contribution < 1.29 is 4.79 Å². The topological polar surface area (TPSA) is 92.4 Å². The minimum Gasteiger partial charge on any atom is -0.366 e. The van der Waals surface area contributed by atoms with Gasteiger partial charge in [0.05, 0.1) is 12.2 Å². The zero-order valence-electron chi connectivity index (χ0n) is 14.6. The van der Waals surface area contributed by atoms with Crippen LogP contribution < -0.4 is 16.4 Å². The van der Waals surface area contributed by atoms with Crippen LogP contribution in [0, 0.1) is 0 Å². The fourth-order valence-corrected chi connectivity index (χ4v) is 2.97. The second-order valence-electron chi connectivity index (χ2n) is 5.66. The molecule has 2 aromatic rings. The van der Waals surface area contributed by atoms with Gasteiger partial charge in [-0.3, -0.25) is 9.79 Å². The lowest BCUT2D eigenvalue weighted by molar-refractivity contribution is 0.1000. The van der Waals surface area contributed by atoms with Gasteiger partial charge in [0.1, 0.15) is 5.01 Å². The Morgan fingerprint density at radius 2 is 2.04 bits per heavy atom. The summed E-state index contributed by atoms with van der Waals surface area (Å²) >= 11 is 1.64. The molecule has 6 nitrogen and oxygen atoms in total. The first kappa shape index (κ1) is 21.4. The summed E-state index contributed by atoms with van der Waals surface area (Å²) in [5.41, 5.74) is 7.88. The fraction of sp³-hybridized carbons (Fsp3) is 0.353. The number of carbonyl (C=O) groups is 1. The summed E-state index contributed by atoms with van der Waals surface area (Å²) in [5.74, 6) is 0.690. The first-order valence-electron chi connectivity index (χ1n) is 7.77. The van der Waals surface area contributed by atoms with Crippen molar-refractivity contribution in [3.05, 3.63) is 51.5 Å². The number of halogens is 1. The van der Waals surface area contributed by atoms with Crippen LogP contribution in [0.1, 0.15) is 46.4 Å². The minimum absolute atomic E-state index is 0. The molecule has 1 aromatic carbocycles. The number of hydrogen-bond donors (Lipinski definition) is 3. The van der Waals surface area contributed by atoms with Crippen molar-refractivity contribution in [3.63, 3.8) is 0 Å². The monoisotopic (exact) mass is 473 g/mol. The highest BCUT2D eigenvalue weighted by molar-refractivity contribution is 14.0. The van der Waals surface area contributed by atoms with Crippen LogP contribution in [0.25, 0.3) is 0 Å². The smallest absolute Gasteiger partial charge is 0.248 e. The average Bonchev–Trinajstić information content (AvgIpc) is 3.04. The number of guanidine groups is 1. The SMILES string of the molecule is CN=C(NCc1cccc(C(N)=O)c1)NCc1nc(C(C)C)cs1.I. The van der Waals surface area contributed by atoms with E-state index in [2.05, 4.69) is 39.8 Å². The van der Waals surface area contributed by atoms with E-state index < -0.39 is 5.91 Å². The Balaban J connectivity index is 0.00000312. The van der Waals surface area contributed by atoms with Crippen molar-refractivity contribution in [2.45, 2.75) is 32.9 Å². The fourth-order valence-electron chi connectivity index (χ4n) is 2.07. The molecule has 0 radical (unpaired) electrons. The predicted molar refractivity (Wildman–Crippen MR) is 114 cm³/mol. The Labute approximate surface area is 169 Å². The number of carbonyl (C=O) groups excluding carboxylic acids is 1. The van der Waals surface area contributed by atoms with E-state index in [-0.39, 0.29) is 24.0 Å². The summed E-state index contributed by atoms with van der Waals surface area (Å²) < 4.78 is 0. The maximum atomic E-state index is 11.2. The second kappa shape index (κ2) is 10.3. The number of aliphatic imine (C=N–C) groups is 1. The molecule has 25 heavy (non-hydrogen) atoms. The van der Waals surface area contributed by atoms with E-state index in [0.717, 1.165) is 16.3 Å². The quantitative estimate of drug-likeness (QED) is 0.342. The summed E-state index contributed by atoms with van der Waals surface area (Å²) in [4.78, 5) is 20.0. The first-order chi connectivity index (χ1) is 11.5. The summed E-state index contributed by atoms with van der Waals surface area (Å²) in [7, 11) is 1.72. The standard InChI is InChI=1S/C17H23N5OS.HI/c1-11(2)14-10-24-15(22-14)9-21-17(19-3)20-8-12-5-4-6-13(7-12)16(18)23;/h4-7,10-11H,8-9H2,1-3H3,(H2,18,23)(H2,19,20,21);1H. The normalized spacial score (nSPS) is 11.1. The van der Waals surface area contributed by atoms with Crippen LogP contribution in [0.2, 0.25) is 0 Å². The Morgan fingerprint density at radius 3 is 2.64 bits per heavy atom. The number of nitrogens with zero attached hydrogens (tertiary/aromatic N) is 2. The molecule has 0 bridgehead atoms. The number of primary amides is 1. The first-order valence-corrected chi connectivity index (χ1v) is 8.65. The average molecular weight is 473 g/mol. The number of nitrogens with two attached hydrogens (primary N) is 1. The van der Waals surface area contributed by atoms with E-state index in [1.807, 2.05) is 12.1 Å². The molecule has 1 amide bonds. The molecule has 0 unspecified atom stereocenters. The van der Waals surface area contributed by atoms with E-state index in [9.17, 15) is 4.79 Å². The lowest BCUT2D eigenvalue weighted by Crippen LogP contribution is -2.36. The van der Waals surface area contributed by atoms with Gasteiger partial charge in [-0.25, -0.2) is 4.98 Å². The number of aromatic nitrogens is 1. The van der Waals surface area contributed by atoms with Gasteiger partial charge in [-0.1, -0.05) is 26.0 Å². The molecule has 1 heterocycles. The molecule has 0 aliphatic rings. The molecular weight excluding hydrogens is 449 g/mol. The maximum Gasteiger partial charge on any atom is 0.248 e. The summed E-state index contributed by atoms with van der Waals surface area (Å²) in [5, 5.41) is 9.57. The van der Waals surface area contributed by atoms with Gasteiger partial charge in [-0.2, -0.15) is 0 Å². The molecule has 4 N–H and O–H groups in total. The van der Waals surface area contributed by atoms with Crippen molar-refractivity contribution in [2.24, 2.45) is 10.7 Å². The minimum atomic E-state index is -0.427. The summed E-state index contributed by atoms with van der Waals surface area (Å²) in [6, 6.07) is 7.23. The van der Waals surface area contributed by atoms with Crippen LogP contribution in [0.3, 0.4) is 0 Å². The lowest BCUT2D eigenvalue weighted by Gasteiger charge is -2.11. The van der Waals surface area contributed by atoms with Gasteiger partial charge in [-0.05, 0) is 23.6 Å². The highest BCUT2D eigenvalue weighted by Gasteiger charge is 2.07. The van der Waals surface area contributed by atoms with Gasteiger partial charge in [0.25, 0.3) is 0 Å². The number of nitrogens with one attached hydrogen (secondary N) is 2. The molecule has 0 saturated carbocycles. The van der Waals surface area contributed by atoms with Gasteiger partial charge < -0.3 is 16.4 Å². The highest BCUT2D eigenvalue weighted by atomic mass is 127. The predicted octanol–water partition coefficient (Wildman–Crippen LogP) is 2.85. The van der Waals surface area contributed by atoms with E-state index >= 15 is 0 Å². The molecule has 8 heteroatoms. The van der Waals surface area contributed by atoms with Crippen LogP contribution in [-0.4, -0.2) is 23.9 Å². The molecule has 0 aliphatic heterocycles. The molecule has 1 aromatic heterocycles. The third-order valence-electron chi connectivity index (χ3n) is 3.46. The van der Waals surface area contributed by atoms with E-state index in [4.69, 9.17) is 5.73 Å². The van der Waals surface area contributed by atoms with Crippen LogP contribution in [-0.2, 0) is 13.1 Å². The molecule has 0 saturated heterocycles. The van der Waals surface area contributed by atoms with E-state index in [1.165, 1.54) is 0 Å². The van der Waals surface area contributed by atoms with Crippen molar-refractivity contribution in [2.75, 3.05) is 7.05 Å². The molecule has 0 fully saturated rings. The number of thiazole rings is 1. The molecule has 0 aliphatic carbocycles. The van der Waals surface area contributed by atoms with Crippen molar-refractivity contribution in [1.82, 2.24) is 15.6 Å². The number of hydrogen-bond acceptors (Lipinski definition) is 4. The third-order valence-corrected chi connectivity index (χ3v) is 4.33. The van der Waals surface area contributed by atoms with Crippen molar-refractivity contribution >= 4 is 47.2 Å². The number of rotatable bonds is 6. The van der Waals surface area contributed by atoms with Crippen molar-refractivity contribution in [3.8, 4) is 0 Å². The Hall–Kier alpha value is -1.68. The number of amides is 1. The van der Waals surface area contributed by atoms with Gasteiger partial charge in [0, 0.05) is 24.5 Å². The zero-order valence-corrected chi connectivity index (χ0v) is 17.7. The Morgan fingerprint density at radius 1 is 1.32 bits per heavy atom. The van der Waals surface area contributed by atoms with Crippen molar-refractivity contribution in [1.29, 1.82) is 0 Å². The lowest BCUT2D eigenvalue weighted by atomic mass is 10.1. The largest absolute Gasteiger partial charge is 0.366 e. The summed E-state index contributed by atoms with van der Waals surface area (Å²) in [6.07, 6.45) is 0. The molecule has 0 spiro atoms. The second-order valence-corrected chi connectivity index (χ2v) is 6.61. The van der Waals surface area contributed by atoms with Gasteiger partial charge in [0.15, 0.2) is 5.96 Å². The molecular formula is C17H24IN5OS. The molecule has 0 atom stereocenters. The Kier molecular flexibility index (Phi) is 8.84. The molecule has 136 valence electrons. The highest BCUT2D eigenvalue weighted by Crippen LogP contribution is 2.17. The summed E-state index contributed by atoms with van der Waals surface area (Å²) in [6.45, 7) is 5.44. The van der Waals surface area contributed by atoms with Crippen LogP contribution in [0.5, 0.6) is 0 Å². The zero-order chi connectivity index (χ0) is 17.5. The molecule has 2 rings (SSSR count). The van der Waals surface area contributed by atoms with E-state index in [1.54, 1.807) is 30.5 Å². The van der Waals surface area contributed by atoms with Crippen LogP contribution >= 0.6 is 35.3 Å². The third kappa shape index (κ3) is 6.62. The van der Waals surface area contributed by atoms with E-state index in [0.29, 0.717) is 30.5 Å². The van der Waals surface area contributed by atoms with Gasteiger partial charge >= 0.3 is 0 Å². The Bertz CT molecular complexity index is 729. The van der Waals surface area contributed by atoms with Crippen LogP contribution in [0.4, 0.5) is 0 Å². The van der Waals surface area contributed by atoms with Gasteiger partial charge in [-0.15, -0.1) is 35.3 Å². The maximum absolute atomic E-state index is 11.2. The number of benzene rings is 1.